The van der Waals surface area contributed by atoms with Crippen LogP contribution in [0, 0.1) is 6.92 Å². The predicted molar refractivity (Wildman–Crippen MR) is 134 cm³/mol. The van der Waals surface area contributed by atoms with Crippen LogP contribution in [0.15, 0.2) is 39.3 Å². The zero-order chi connectivity index (χ0) is 25.3. The maximum atomic E-state index is 12.9. The van der Waals surface area contributed by atoms with Crippen molar-refractivity contribution in [3.8, 4) is 22.7 Å². The lowest BCUT2D eigenvalue weighted by Crippen LogP contribution is -2.53. The molecule has 0 unspecified atom stereocenters. The van der Waals surface area contributed by atoms with Gasteiger partial charge in [-0.05, 0) is 59.9 Å². The number of aromatic nitrogens is 3. The molecule has 0 spiro atoms. The molecule has 0 radical (unpaired) electrons. The third-order valence-electron chi connectivity index (χ3n) is 6.96. The van der Waals surface area contributed by atoms with Crippen molar-refractivity contribution < 1.29 is 18.5 Å². The van der Waals surface area contributed by atoms with Gasteiger partial charge in [-0.3, -0.25) is 4.90 Å². The van der Waals surface area contributed by atoms with E-state index in [1.807, 2.05) is 62.9 Å². The van der Waals surface area contributed by atoms with E-state index in [9.17, 15) is 4.79 Å². The number of piperidine rings is 1. The summed E-state index contributed by atoms with van der Waals surface area (Å²) in [5.74, 6) is 1.60. The average Bonchev–Trinajstić information content (AvgIpc) is 3.59. The Balaban J connectivity index is 1.34. The molecule has 9 heteroatoms. The monoisotopic (exact) mass is 493 g/mol. The predicted octanol–water partition coefficient (Wildman–Crippen LogP) is 5.45. The first-order valence-corrected chi connectivity index (χ1v) is 12.9. The molecule has 2 fully saturated rings. The Labute approximate surface area is 211 Å². The second-order valence-electron chi connectivity index (χ2n) is 10.7. The molecule has 0 bridgehead atoms. The van der Waals surface area contributed by atoms with E-state index in [1.165, 1.54) is 0 Å². The largest absolute Gasteiger partial charge is 0.444 e. The van der Waals surface area contributed by atoms with Crippen molar-refractivity contribution >= 4 is 6.09 Å². The van der Waals surface area contributed by atoms with Crippen LogP contribution in [-0.2, 0) is 11.3 Å². The molecular formula is C27H35N5O4. The summed E-state index contributed by atoms with van der Waals surface area (Å²) in [5.41, 5.74) is 1.85. The summed E-state index contributed by atoms with van der Waals surface area (Å²) >= 11 is 0. The highest BCUT2D eigenvalue weighted by Crippen LogP contribution is 2.35. The van der Waals surface area contributed by atoms with Crippen LogP contribution in [-0.4, -0.2) is 62.0 Å². The van der Waals surface area contributed by atoms with Crippen molar-refractivity contribution in [2.45, 2.75) is 84.0 Å². The molecule has 0 aliphatic carbocycles. The normalized spacial score (nSPS) is 21.2. The zero-order valence-corrected chi connectivity index (χ0v) is 21.6. The molecule has 2 aliphatic heterocycles. The molecule has 9 nitrogen and oxygen atoms in total. The first-order valence-electron chi connectivity index (χ1n) is 12.9. The molecule has 3 aromatic rings. The fourth-order valence-corrected chi connectivity index (χ4v) is 5.40. The van der Waals surface area contributed by atoms with Crippen molar-refractivity contribution in [3.63, 3.8) is 0 Å². The number of hydrogen-bond donors (Lipinski definition) is 0. The lowest BCUT2D eigenvalue weighted by atomic mass is 9.94. The number of carbonyl (C=O) groups is 1. The SMILES string of the molecule is Cc1onc(-c2ccccc2)c1-c1nnc(CN2CCCC[C@@H]2[C@@H]2CCCN2C(=O)OC(C)(C)C)o1. The lowest BCUT2D eigenvalue weighted by molar-refractivity contribution is 0.00540. The summed E-state index contributed by atoms with van der Waals surface area (Å²) in [5, 5.41) is 13.0. The van der Waals surface area contributed by atoms with Gasteiger partial charge in [0.2, 0.25) is 5.89 Å². The Kier molecular flexibility index (Phi) is 6.83. The van der Waals surface area contributed by atoms with Gasteiger partial charge in [-0.15, -0.1) is 10.2 Å². The van der Waals surface area contributed by atoms with Gasteiger partial charge in [-0.25, -0.2) is 4.79 Å². The molecule has 0 saturated carbocycles. The van der Waals surface area contributed by atoms with E-state index in [0.29, 0.717) is 29.8 Å². The minimum Gasteiger partial charge on any atom is -0.444 e. The Morgan fingerprint density at radius 1 is 1.06 bits per heavy atom. The van der Waals surface area contributed by atoms with E-state index < -0.39 is 5.60 Å². The van der Waals surface area contributed by atoms with Crippen LogP contribution in [0.3, 0.4) is 0 Å². The highest BCUT2D eigenvalue weighted by atomic mass is 16.6. The number of amides is 1. The number of hydrogen-bond acceptors (Lipinski definition) is 8. The van der Waals surface area contributed by atoms with Gasteiger partial charge in [0.05, 0.1) is 12.6 Å². The molecule has 4 heterocycles. The van der Waals surface area contributed by atoms with Crippen molar-refractivity contribution in [3.05, 3.63) is 42.0 Å². The molecule has 192 valence electrons. The van der Waals surface area contributed by atoms with Crippen LogP contribution in [0.4, 0.5) is 4.79 Å². The standard InChI is InChI=1S/C27H35N5O4/c1-18-23(24(30-36-18)19-11-6-5-7-12-19)25-29-28-22(34-25)17-31-15-9-8-13-20(31)21-14-10-16-32(21)26(33)35-27(2,3)4/h5-7,11-12,20-21H,8-10,13-17H2,1-4H3/t20-,21+/m1/s1. The van der Waals surface area contributed by atoms with Gasteiger partial charge < -0.3 is 18.6 Å². The van der Waals surface area contributed by atoms with E-state index in [4.69, 9.17) is 13.7 Å². The third kappa shape index (κ3) is 5.16. The molecule has 2 atom stereocenters. The maximum absolute atomic E-state index is 12.9. The summed E-state index contributed by atoms with van der Waals surface area (Å²) in [6.45, 7) is 9.81. The average molecular weight is 494 g/mol. The lowest BCUT2D eigenvalue weighted by Gasteiger charge is -2.41. The molecular weight excluding hydrogens is 458 g/mol. The molecule has 1 aromatic carbocycles. The highest BCUT2D eigenvalue weighted by Gasteiger charge is 2.40. The van der Waals surface area contributed by atoms with Crippen LogP contribution >= 0.6 is 0 Å². The highest BCUT2D eigenvalue weighted by molar-refractivity contribution is 5.77. The van der Waals surface area contributed by atoms with Gasteiger partial charge in [0.15, 0.2) is 0 Å². The minimum absolute atomic E-state index is 0.132. The fourth-order valence-electron chi connectivity index (χ4n) is 5.40. The fraction of sp³-hybridized carbons (Fsp3) is 0.556. The van der Waals surface area contributed by atoms with Crippen LogP contribution in [0.25, 0.3) is 22.7 Å². The zero-order valence-electron chi connectivity index (χ0n) is 21.6. The van der Waals surface area contributed by atoms with E-state index in [2.05, 4.69) is 20.3 Å². The van der Waals surface area contributed by atoms with Crippen molar-refractivity contribution in [2.75, 3.05) is 13.1 Å². The molecule has 2 aromatic heterocycles. The van der Waals surface area contributed by atoms with E-state index in [1.54, 1.807) is 0 Å². The molecule has 36 heavy (non-hydrogen) atoms. The van der Waals surface area contributed by atoms with Crippen molar-refractivity contribution in [2.24, 2.45) is 0 Å². The molecule has 2 saturated heterocycles. The Morgan fingerprint density at radius 3 is 2.61 bits per heavy atom. The van der Waals surface area contributed by atoms with Gasteiger partial charge in [-0.2, -0.15) is 0 Å². The minimum atomic E-state index is -0.505. The first kappa shape index (κ1) is 24.5. The molecule has 5 rings (SSSR count). The van der Waals surface area contributed by atoms with Crippen LogP contribution in [0.5, 0.6) is 0 Å². The Hall–Kier alpha value is -3.20. The number of carbonyl (C=O) groups excluding carboxylic acids is 1. The summed E-state index contributed by atoms with van der Waals surface area (Å²) in [4.78, 5) is 17.3. The van der Waals surface area contributed by atoms with E-state index >= 15 is 0 Å². The number of nitrogens with zero attached hydrogens (tertiary/aromatic N) is 5. The second-order valence-corrected chi connectivity index (χ2v) is 10.7. The molecule has 1 amide bonds. The maximum Gasteiger partial charge on any atom is 0.410 e. The number of benzene rings is 1. The third-order valence-corrected chi connectivity index (χ3v) is 6.96. The first-order chi connectivity index (χ1) is 17.3. The van der Waals surface area contributed by atoms with Gasteiger partial charge in [-0.1, -0.05) is 41.9 Å². The summed E-state index contributed by atoms with van der Waals surface area (Å²) in [6.07, 6.45) is 5.05. The smallest absolute Gasteiger partial charge is 0.410 e. The number of aryl methyl sites for hydroxylation is 1. The number of ether oxygens (including phenoxy) is 1. The number of rotatable bonds is 5. The van der Waals surface area contributed by atoms with Crippen LogP contribution in [0.2, 0.25) is 0 Å². The summed E-state index contributed by atoms with van der Waals surface area (Å²) in [7, 11) is 0. The van der Waals surface area contributed by atoms with Gasteiger partial charge in [0.25, 0.3) is 5.89 Å². The van der Waals surface area contributed by atoms with Crippen molar-refractivity contribution in [1.82, 2.24) is 25.2 Å². The summed E-state index contributed by atoms with van der Waals surface area (Å²) < 4.78 is 17.3. The molecule has 0 N–H and O–H groups in total. The number of likely N-dealkylation sites (tertiary alicyclic amines) is 2. The topological polar surface area (TPSA) is 97.7 Å². The van der Waals surface area contributed by atoms with Gasteiger partial charge in [0, 0.05) is 18.2 Å². The Bertz CT molecular complexity index is 1180. The van der Waals surface area contributed by atoms with Gasteiger partial charge >= 0.3 is 6.09 Å². The Morgan fingerprint density at radius 2 is 1.83 bits per heavy atom. The quantitative estimate of drug-likeness (QED) is 0.462. The molecule has 2 aliphatic rings. The summed E-state index contributed by atoms with van der Waals surface area (Å²) in [6, 6.07) is 10.2. The van der Waals surface area contributed by atoms with E-state index in [0.717, 1.165) is 56.3 Å². The van der Waals surface area contributed by atoms with Crippen LogP contribution in [0.1, 0.15) is 64.5 Å². The van der Waals surface area contributed by atoms with Gasteiger partial charge in [0.1, 0.15) is 22.6 Å². The second kappa shape index (κ2) is 10.0. The van der Waals surface area contributed by atoms with Crippen molar-refractivity contribution in [1.29, 1.82) is 0 Å². The van der Waals surface area contributed by atoms with E-state index in [-0.39, 0.29) is 18.2 Å². The van der Waals surface area contributed by atoms with Crippen LogP contribution < -0.4 is 0 Å².